The molecule has 0 aromatic heterocycles. The molecule has 1 aromatic carbocycles. The predicted octanol–water partition coefficient (Wildman–Crippen LogP) is 4.35. The van der Waals surface area contributed by atoms with Gasteiger partial charge in [-0.25, -0.2) is 0 Å². The molecule has 2 fully saturated rings. The summed E-state index contributed by atoms with van der Waals surface area (Å²) in [6.45, 7) is 2.70. The van der Waals surface area contributed by atoms with E-state index in [-0.39, 0.29) is 0 Å². The summed E-state index contributed by atoms with van der Waals surface area (Å²) in [4.78, 5) is 2.76. The second kappa shape index (κ2) is 6.38. The molecule has 1 heteroatoms. The summed E-state index contributed by atoms with van der Waals surface area (Å²) in [5.41, 5.74) is 1.33. The Kier molecular flexibility index (Phi) is 4.34. The Bertz CT molecular complexity index is 405. The van der Waals surface area contributed by atoms with Crippen molar-refractivity contribution in [3.63, 3.8) is 0 Å². The smallest absolute Gasteiger partial charge is 0.0130 e. The van der Waals surface area contributed by atoms with Gasteiger partial charge in [-0.15, -0.1) is 0 Å². The molecule has 1 aliphatic carbocycles. The van der Waals surface area contributed by atoms with Crippen LogP contribution in [0.25, 0.3) is 6.08 Å². The van der Waals surface area contributed by atoms with Crippen molar-refractivity contribution in [1.82, 2.24) is 4.90 Å². The Labute approximate surface area is 117 Å². The molecule has 102 valence electrons. The largest absolute Gasteiger partial charge is 0.300 e. The van der Waals surface area contributed by atoms with Crippen LogP contribution in [0.1, 0.15) is 44.1 Å². The zero-order chi connectivity index (χ0) is 12.9. The predicted molar refractivity (Wildman–Crippen MR) is 82.0 cm³/mol. The number of nitrogens with zero attached hydrogens (tertiary/aromatic N) is 1. The molecule has 0 N–H and O–H groups in total. The van der Waals surface area contributed by atoms with Crippen LogP contribution in [0.4, 0.5) is 0 Å². The molecule has 1 saturated heterocycles. The van der Waals surface area contributed by atoms with Crippen molar-refractivity contribution < 1.29 is 0 Å². The number of hydrogen-bond donors (Lipinski definition) is 0. The van der Waals surface area contributed by atoms with Crippen LogP contribution in [-0.4, -0.2) is 24.0 Å². The second-order valence-electron chi connectivity index (χ2n) is 6.14. The van der Waals surface area contributed by atoms with Crippen LogP contribution in [0.15, 0.2) is 36.4 Å². The van der Waals surface area contributed by atoms with E-state index in [0.29, 0.717) is 0 Å². The van der Waals surface area contributed by atoms with E-state index >= 15 is 0 Å². The average molecular weight is 255 g/mol. The third kappa shape index (κ3) is 3.94. The second-order valence-corrected chi connectivity index (χ2v) is 6.14. The van der Waals surface area contributed by atoms with Crippen molar-refractivity contribution >= 4 is 6.08 Å². The summed E-state index contributed by atoms with van der Waals surface area (Å²) >= 11 is 0. The number of likely N-dealkylation sites (tertiary alicyclic amines) is 1. The van der Waals surface area contributed by atoms with Gasteiger partial charge < -0.3 is 0 Å². The molecule has 1 aromatic rings. The highest BCUT2D eigenvalue weighted by Crippen LogP contribution is 2.32. The summed E-state index contributed by atoms with van der Waals surface area (Å²) in [6.07, 6.45) is 13.1. The van der Waals surface area contributed by atoms with E-state index in [1.165, 1.54) is 57.2 Å². The van der Waals surface area contributed by atoms with Crippen LogP contribution in [0.2, 0.25) is 0 Å². The van der Waals surface area contributed by atoms with E-state index in [1.807, 2.05) is 0 Å². The first kappa shape index (κ1) is 12.9. The first-order chi connectivity index (χ1) is 9.42. The summed E-state index contributed by atoms with van der Waals surface area (Å²) in [5.74, 6) is 1.03. The highest BCUT2D eigenvalue weighted by molar-refractivity contribution is 5.48. The normalized spacial score (nSPS) is 24.9. The molecule has 1 aliphatic heterocycles. The van der Waals surface area contributed by atoms with Crippen LogP contribution in [0, 0.1) is 5.92 Å². The topological polar surface area (TPSA) is 3.24 Å². The van der Waals surface area contributed by atoms with Gasteiger partial charge in [0.2, 0.25) is 0 Å². The van der Waals surface area contributed by atoms with Gasteiger partial charge in [0.15, 0.2) is 0 Å². The summed E-state index contributed by atoms with van der Waals surface area (Å²) in [7, 11) is 0. The Balaban J connectivity index is 1.53. The molecule has 1 unspecified atom stereocenters. The van der Waals surface area contributed by atoms with E-state index < -0.39 is 0 Å². The number of hydrogen-bond acceptors (Lipinski definition) is 1. The molecule has 0 radical (unpaired) electrons. The Morgan fingerprint density at radius 1 is 1.05 bits per heavy atom. The van der Waals surface area contributed by atoms with E-state index in [2.05, 4.69) is 47.4 Å². The lowest BCUT2D eigenvalue weighted by atomic mass is 9.98. The molecule has 1 saturated carbocycles. The fraction of sp³-hybridized carbons (Fsp3) is 0.556. The fourth-order valence-corrected chi connectivity index (χ4v) is 3.12. The lowest BCUT2D eigenvalue weighted by Gasteiger charge is -2.35. The van der Waals surface area contributed by atoms with Crippen LogP contribution >= 0.6 is 0 Å². The number of piperidine rings is 1. The van der Waals surface area contributed by atoms with E-state index in [9.17, 15) is 0 Å². The first-order valence-corrected chi connectivity index (χ1v) is 7.87. The van der Waals surface area contributed by atoms with Crippen LogP contribution in [0.3, 0.4) is 0 Å². The molecule has 0 spiro atoms. The highest BCUT2D eigenvalue weighted by Gasteiger charge is 2.28. The maximum atomic E-state index is 2.76. The maximum Gasteiger partial charge on any atom is 0.0130 e. The standard InChI is InChI=1S/C18H25N/c1-2-7-16(8-3-1)9-6-11-18-10-4-5-14-19(18)15-17-12-13-17/h1-3,6-9,17-18H,4-5,10-15H2. The molecule has 0 bridgehead atoms. The lowest BCUT2D eigenvalue weighted by Crippen LogP contribution is -2.40. The van der Waals surface area contributed by atoms with Gasteiger partial charge in [-0.3, -0.25) is 4.90 Å². The average Bonchev–Trinajstić information content (AvgIpc) is 3.26. The fourth-order valence-electron chi connectivity index (χ4n) is 3.12. The van der Waals surface area contributed by atoms with Crippen molar-refractivity contribution in [2.45, 2.75) is 44.6 Å². The van der Waals surface area contributed by atoms with Gasteiger partial charge in [-0.1, -0.05) is 48.9 Å². The molecule has 1 atom stereocenters. The maximum absolute atomic E-state index is 2.76. The Hall–Kier alpha value is -1.08. The van der Waals surface area contributed by atoms with Crippen molar-refractivity contribution in [2.24, 2.45) is 5.92 Å². The molecular formula is C18H25N. The van der Waals surface area contributed by atoms with Crippen molar-refractivity contribution in [3.05, 3.63) is 42.0 Å². The van der Waals surface area contributed by atoms with E-state index in [1.54, 1.807) is 0 Å². The first-order valence-electron chi connectivity index (χ1n) is 7.87. The van der Waals surface area contributed by atoms with Gasteiger partial charge in [-0.05, 0) is 50.1 Å². The van der Waals surface area contributed by atoms with Gasteiger partial charge in [0, 0.05) is 12.6 Å². The van der Waals surface area contributed by atoms with Crippen LogP contribution < -0.4 is 0 Å². The van der Waals surface area contributed by atoms with Gasteiger partial charge in [0.25, 0.3) is 0 Å². The summed E-state index contributed by atoms with van der Waals surface area (Å²) in [5, 5.41) is 0. The number of benzene rings is 1. The molecule has 19 heavy (non-hydrogen) atoms. The Morgan fingerprint density at radius 3 is 2.68 bits per heavy atom. The summed E-state index contributed by atoms with van der Waals surface area (Å²) < 4.78 is 0. The molecule has 2 aliphatic rings. The monoisotopic (exact) mass is 255 g/mol. The van der Waals surface area contributed by atoms with Crippen molar-refractivity contribution in [1.29, 1.82) is 0 Å². The molecule has 1 nitrogen and oxygen atoms in total. The van der Waals surface area contributed by atoms with Crippen molar-refractivity contribution in [2.75, 3.05) is 13.1 Å². The van der Waals surface area contributed by atoms with Gasteiger partial charge in [-0.2, -0.15) is 0 Å². The van der Waals surface area contributed by atoms with Crippen LogP contribution in [-0.2, 0) is 0 Å². The molecule has 0 amide bonds. The lowest BCUT2D eigenvalue weighted by molar-refractivity contribution is 0.143. The SMILES string of the molecule is C(=Cc1ccccc1)CC1CCCCN1CC1CC1. The minimum atomic E-state index is 0.800. The Morgan fingerprint density at radius 2 is 1.89 bits per heavy atom. The van der Waals surface area contributed by atoms with Gasteiger partial charge in [0.05, 0.1) is 0 Å². The highest BCUT2D eigenvalue weighted by atomic mass is 15.2. The minimum Gasteiger partial charge on any atom is -0.300 e. The quantitative estimate of drug-likeness (QED) is 0.756. The zero-order valence-corrected chi connectivity index (χ0v) is 11.8. The van der Waals surface area contributed by atoms with E-state index in [0.717, 1.165) is 12.0 Å². The van der Waals surface area contributed by atoms with E-state index in [4.69, 9.17) is 0 Å². The molecule has 3 rings (SSSR count). The van der Waals surface area contributed by atoms with Crippen LogP contribution in [0.5, 0.6) is 0 Å². The molecular weight excluding hydrogens is 230 g/mol. The van der Waals surface area contributed by atoms with Gasteiger partial charge >= 0.3 is 0 Å². The third-order valence-corrected chi connectivity index (χ3v) is 4.46. The zero-order valence-electron chi connectivity index (χ0n) is 11.8. The minimum absolute atomic E-state index is 0.800. The van der Waals surface area contributed by atoms with Crippen molar-refractivity contribution in [3.8, 4) is 0 Å². The number of rotatable bonds is 5. The van der Waals surface area contributed by atoms with Gasteiger partial charge in [0.1, 0.15) is 0 Å². The molecule has 1 heterocycles. The third-order valence-electron chi connectivity index (χ3n) is 4.46. The summed E-state index contributed by atoms with van der Waals surface area (Å²) in [6, 6.07) is 11.5.